The number of quaternary nitrogens is 1. The highest BCUT2D eigenvalue weighted by Crippen LogP contribution is 2.41. The molecule has 4 atom stereocenters. The Kier molecular flexibility index (Phi) is 13.9. The molecule has 1 saturated heterocycles. The smallest absolute Gasteiger partial charge is 0.407 e. The van der Waals surface area contributed by atoms with E-state index < -0.39 is 53.7 Å². The largest absolute Gasteiger partial charge is 0.756 e. The van der Waals surface area contributed by atoms with Crippen molar-refractivity contribution in [2.45, 2.75) is 49.8 Å². The van der Waals surface area contributed by atoms with Gasteiger partial charge in [-0.3, -0.25) is 14.7 Å². The van der Waals surface area contributed by atoms with Gasteiger partial charge >= 0.3 is 6.09 Å². The summed E-state index contributed by atoms with van der Waals surface area (Å²) >= 11 is 0. The van der Waals surface area contributed by atoms with E-state index >= 15 is 0 Å². The van der Waals surface area contributed by atoms with Crippen molar-refractivity contribution in [3.8, 4) is 0 Å². The molecule has 4 unspecified atom stereocenters. The van der Waals surface area contributed by atoms with Crippen LogP contribution < -0.4 is 10.2 Å². The second-order valence-corrected chi connectivity index (χ2v) is 16.0. The average molecular weight is 701 g/mol. The zero-order chi connectivity index (χ0) is 34.8. The van der Waals surface area contributed by atoms with E-state index in [0.717, 1.165) is 28.6 Å². The maximum Gasteiger partial charge on any atom is 0.407 e. The van der Waals surface area contributed by atoms with Gasteiger partial charge in [0.2, 0.25) is 10.0 Å². The highest BCUT2D eigenvalue weighted by atomic mass is 32.2. The number of hydrogen-bond donors (Lipinski definition) is 1. The maximum absolute atomic E-state index is 14.0. The van der Waals surface area contributed by atoms with Crippen LogP contribution in [0.4, 0.5) is 10.5 Å². The normalized spacial score (nSPS) is 18.1. The van der Waals surface area contributed by atoms with Crippen molar-refractivity contribution in [3.05, 3.63) is 70.3 Å². The van der Waals surface area contributed by atoms with E-state index in [-0.39, 0.29) is 42.7 Å². The number of carbonyl (C=O) groups is 1. The van der Waals surface area contributed by atoms with Gasteiger partial charge in [-0.2, -0.15) is 4.31 Å². The van der Waals surface area contributed by atoms with E-state index in [2.05, 4.69) is 5.32 Å². The first kappa shape index (κ1) is 38.5. The van der Waals surface area contributed by atoms with Crippen LogP contribution in [0.1, 0.15) is 25.8 Å². The Morgan fingerprint density at radius 1 is 1.13 bits per heavy atom. The number of rotatable bonds is 18. The standard InChI is InChI=1S/C30H45N4O11PS/c1-23(2)20-32(47(40,41)27-13-11-25(12-14-27)33(36)37)21-29(45-46(38,39)43-18-16-34(3,4)5)28(19-24-9-7-6-8-10-24)31-30(35)44-26-15-17-42-22-26/h6-14,23,26,28-29H,15-22H2,1-5H3,(H-,31,35,38,39). The minimum atomic E-state index is -5.07. The number of ether oxygens (including phenoxy) is 2. The Morgan fingerprint density at radius 2 is 1.79 bits per heavy atom. The lowest BCUT2D eigenvalue weighted by atomic mass is 10.0. The molecule has 2 aromatic carbocycles. The third kappa shape index (κ3) is 12.9. The Bertz CT molecular complexity index is 1460. The van der Waals surface area contributed by atoms with Crippen molar-refractivity contribution in [1.29, 1.82) is 0 Å². The Hall–Kier alpha value is -2.95. The summed E-state index contributed by atoms with van der Waals surface area (Å²) in [5.41, 5.74) is 0.410. The third-order valence-corrected chi connectivity index (χ3v) is 10.00. The van der Waals surface area contributed by atoms with Gasteiger partial charge in [0.15, 0.2) is 0 Å². The van der Waals surface area contributed by atoms with Gasteiger partial charge in [0.25, 0.3) is 13.5 Å². The monoisotopic (exact) mass is 700 g/mol. The van der Waals surface area contributed by atoms with Crippen LogP contribution in [-0.2, 0) is 39.5 Å². The van der Waals surface area contributed by atoms with E-state index in [1.54, 1.807) is 44.2 Å². The Morgan fingerprint density at radius 3 is 2.34 bits per heavy atom. The van der Waals surface area contributed by atoms with E-state index in [1.807, 2.05) is 21.1 Å². The van der Waals surface area contributed by atoms with Gasteiger partial charge in [-0.1, -0.05) is 44.2 Å². The minimum Gasteiger partial charge on any atom is -0.756 e. The summed E-state index contributed by atoms with van der Waals surface area (Å²) < 4.78 is 64.2. The molecular formula is C30H45N4O11PS. The summed E-state index contributed by atoms with van der Waals surface area (Å²) in [6.45, 7) is 3.74. The fourth-order valence-electron chi connectivity index (χ4n) is 4.71. The first-order chi connectivity index (χ1) is 21.9. The first-order valence-electron chi connectivity index (χ1n) is 15.2. The fourth-order valence-corrected chi connectivity index (χ4v) is 7.24. The predicted octanol–water partition coefficient (Wildman–Crippen LogP) is 2.94. The summed E-state index contributed by atoms with van der Waals surface area (Å²) in [6.07, 6.45) is -2.30. The molecule has 0 spiro atoms. The Balaban J connectivity index is 2.02. The summed E-state index contributed by atoms with van der Waals surface area (Å²) in [4.78, 5) is 36.7. The van der Waals surface area contributed by atoms with Gasteiger partial charge in [0.1, 0.15) is 25.4 Å². The molecule has 3 rings (SSSR count). The molecule has 0 bridgehead atoms. The van der Waals surface area contributed by atoms with E-state index in [1.165, 1.54) is 0 Å². The number of nitrogens with zero attached hydrogens (tertiary/aromatic N) is 3. The molecule has 47 heavy (non-hydrogen) atoms. The molecule has 15 nitrogen and oxygen atoms in total. The third-order valence-electron chi connectivity index (χ3n) is 7.13. The molecule has 1 aliphatic heterocycles. The van der Waals surface area contributed by atoms with E-state index in [4.69, 9.17) is 18.5 Å². The van der Waals surface area contributed by atoms with Crippen molar-refractivity contribution in [3.63, 3.8) is 0 Å². The van der Waals surface area contributed by atoms with Crippen LogP contribution in [0.25, 0.3) is 0 Å². The van der Waals surface area contributed by atoms with Crippen molar-refractivity contribution < 1.29 is 50.6 Å². The van der Waals surface area contributed by atoms with Gasteiger partial charge in [-0.15, -0.1) is 0 Å². The van der Waals surface area contributed by atoms with E-state index in [9.17, 15) is 32.8 Å². The van der Waals surface area contributed by atoms with Crippen LogP contribution in [0.15, 0.2) is 59.5 Å². The molecule has 17 heteroatoms. The number of nitrogens with one attached hydrogen (secondary N) is 1. The number of alkyl carbamates (subject to hydrolysis) is 1. The van der Waals surface area contributed by atoms with Gasteiger partial charge in [0.05, 0.1) is 50.2 Å². The average Bonchev–Trinajstić information content (AvgIpc) is 3.48. The number of phosphoric acid groups is 1. The summed E-state index contributed by atoms with van der Waals surface area (Å²) in [6, 6.07) is 12.1. The number of phosphoric ester groups is 1. The number of nitro benzene ring substituents is 1. The summed E-state index contributed by atoms with van der Waals surface area (Å²) in [5.74, 6) is -0.226. The molecule has 0 radical (unpaired) electrons. The van der Waals surface area contributed by atoms with Crippen LogP contribution in [0.3, 0.4) is 0 Å². The Labute approximate surface area is 276 Å². The topological polar surface area (TPSA) is 187 Å². The fraction of sp³-hybridized carbons (Fsp3) is 0.567. The number of hydrogen-bond acceptors (Lipinski definition) is 11. The molecule has 1 fully saturated rings. The molecule has 1 amide bonds. The van der Waals surface area contributed by atoms with Gasteiger partial charge in [-0.05, 0) is 30.0 Å². The van der Waals surface area contributed by atoms with E-state index in [0.29, 0.717) is 29.6 Å². The van der Waals surface area contributed by atoms with Gasteiger partial charge in [-0.25, -0.2) is 13.2 Å². The molecule has 0 aliphatic carbocycles. The maximum atomic E-state index is 14.0. The molecular weight excluding hydrogens is 655 g/mol. The van der Waals surface area contributed by atoms with Crippen LogP contribution in [0, 0.1) is 16.0 Å². The molecule has 0 aromatic heterocycles. The number of benzene rings is 2. The second-order valence-electron chi connectivity index (χ2n) is 12.7. The highest BCUT2D eigenvalue weighted by Gasteiger charge is 2.36. The molecule has 1 aliphatic rings. The number of likely N-dealkylation sites (N-methyl/N-ethyl adjacent to an activating group) is 1. The molecule has 0 saturated carbocycles. The molecule has 2 aromatic rings. The number of non-ortho nitro benzene ring substituents is 1. The lowest BCUT2D eigenvalue weighted by Crippen LogP contribution is -2.52. The van der Waals surface area contributed by atoms with Gasteiger partial charge in [0, 0.05) is 31.6 Å². The van der Waals surface area contributed by atoms with Crippen LogP contribution in [-0.4, -0.2) is 107 Å². The zero-order valence-corrected chi connectivity index (χ0v) is 29.1. The molecule has 1 heterocycles. The number of amides is 1. The molecule has 1 N–H and O–H groups in total. The number of sulfonamides is 1. The van der Waals surface area contributed by atoms with Crippen molar-refractivity contribution in [1.82, 2.24) is 9.62 Å². The zero-order valence-electron chi connectivity index (χ0n) is 27.4. The van der Waals surface area contributed by atoms with Gasteiger partial charge < -0.3 is 33.2 Å². The predicted molar refractivity (Wildman–Crippen MR) is 171 cm³/mol. The summed E-state index contributed by atoms with van der Waals surface area (Å²) in [7, 11) is -3.84. The van der Waals surface area contributed by atoms with Crippen molar-refractivity contribution >= 4 is 29.6 Å². The van der Waals surface area contributed by atoms with Crippen LogP contribution in [0.2, 0.25) is 0 Å². The van der Waals surface area contributed by atoms with Crippen LogP contribution >= 0.6 is 7.82 Å². The van der Waals surface area contributed by atoms with Crippen LogP contribution in [0.5, 0.6) is 0 Å². The van der Waals surface area contributed by atoms with Crippen molar-refractivity contribution in [2.24, 2.45) is 5.92 Å². The lowest BCUT2D eigenvalue weighted by molar-refractivity contribution is -0.870. The quantitative estimate of drug-likeness (QED) is 0.104. The SMILES string of the molecule is CC(C)CN(CC(OP(=O)([O-])OCC[N+](C)(C)C)C(Cc1ccccc1)NC(=O)OC1CCOC1)S(=O)(=O)c1ccc([N+](=O)[O-])cc1. The minimum absolute atomic E-state index is 0.0494. The first-order valence-corrected chi connectivity index (χ1v) is 18.1. The molecule has 262 valence electrons. The van der Waals surface area contributed by atoms with Crippen molar-refractivity contribution in [2.75, 3.05) is 60.6 Å². The number of carbonyl (C=O) groups excluding carboxylic acids is 1. The number of nitro groups is 1. The lowest BCUT2D eigenvalue weighted by Gasteiger charge is -2.36. The summed E-state index contributed by atoms with van der Waals surface area (Å²) in [5, 5.41) is 13.9. The highest BCUT2D eigenvalue weighted by molar-refractivity contribution is 7.89. The second kappa shape index (κ2) is 16.9.